The van der Waals surface area contributed by atoms with Crippen molar-refractivity contribution in [3.63, 3.8) is 0 Å². The number of cyclic esters (lactones) is 1. The van der Waals surface area contributed by atoms with Crippen molar-refractivity contribution in [2.75, 3.05) is 7.11 Å². The number of carbonyl (C=O) groups excluding carboxylic acids is 2. The van der Waals surface area contributed by atoms with Crippen molar-refractivity contribution in [1.29, 1.82) is 0 Å². The Kier molecular flexibility index (Phi) is 4.68. The molecule has 1 saturated carbocycles. The van der Waals surface area contributed by atoms with Crippen LogP contribution in [-0.2, 0) is 19.1 Å². The third kappa shape index (κ3) is 2.77. The largest absolute Gasteiger partial charge is 0.434 e. The Balaban J connectivity index is 2.04. The van der Waals surface area contributed by atoms with E-state index >= 15 is 0 Å². The van der Waals surface area contributed by atoms with Crippen molar-refractivity contribution in [3.8, 4) is 0 Å². The zero-order chi connectivity index (χ0) is 16.6. The van der Waals surface area contributed by atoms with Crippen LogP contribution in [0.4, 0.5) is 0 Å². The first kappa shape index (κ1) is 16.7. The first-order valence-corrected chi connectivity index (χ1v) is 8.48. The zero-order valence-electron chi connectivity index (χ0n) is 12.8. The van der Waals surface area contributed by atoms with E-state index in [0.717, 1.165) is 19.3 Å². The summed E-state index contributed by atoms with van der Waals surface area (Å²) in [6.07, 6.45) is 3.43. The fourth-order valence-corrected chi connectivity index (χ4v) is 4.26. The molecule has 0 radical (unpaired) electrons. The Bertz CT molecular complexity index is 637. The SMILES string of the molecule is COC1OC(=O)C(c2ccc(Cl)cc2Cl)C(=O)C12CCCCC2. The number of Topliss-reactive ketones (excluding diaryl/α,β-unsaturated/α-hetero) is 1. The Morgan fingerprint density at radius 3 is 2.48 bits per heavy atom. The molecule has 2 atom stereocenters. The van der Waals surface area contributed by atoms with Gasteiger partial charge in [0.05, 0.1) is 5.41 Å². The number of halogens is 2. The summed E-state index contributed by atoms with van der Waals surface area (Å²) >= 11 is 12.1. The van der Waals surface area contributed by atoms with Gasteiger partial charge >= 0.3 is 5.97 Å². The summed E-state index contributed by atoms with van der Waals surface area (Å²) in [5, 5.41) is 0.757. The molecular weight excluding hydrogens is 339 g/mol. The molecule has 124 valence electrons. The fourth-order valence-electron chi connectivity index (χ4n) is 3.74. The third-order valence-electron chi connectivity index (χ3n) is 4.90. The molecule has 1 aliphatic carbocycles. The second-order valence-electron chi connectivity index (χ2n) is 6.18. The lowest BCUT2D eigenvalue weighted by Gasteiger charge is -2.45. The molecule has 2 aliphatic rings. The third-order valence-corrected chi connectivity index (χ3v) is 5.46. The van der Waals surface area contributed by atoms with Gasteiger partial charge in [-0.2, -0.15) is 0 Å². The summed E-state index contributed by atoms with van der Waals surface area (Å²) in [4.78, 5) is 25.7. The quantitative estimate of drug-likeness (QED) is 0.590. The number of methoxy groups -OCH3 is 1. The molecule has 0 N–H and O–H groups in total. The molecule has 1 heterocycles. The number of benzene rings is 1. The first-order chi connectivity index (χ1) is 11.0. The van der Waals surface area contributed by atoms with E-state index in [-0.39, 0.29) is 5.78 Å². The van der Waals surface area contributed by atoms with Gasteiger partial charge in [0.2, 0.25) is 6.29 Å². The van der Waals surface area contributed by atoms with Gasteiger partial charge in [0.25, 0.3) is 0 Å². The van der Waals surface area contributed by atoms with Crippen molar-refractivity contribution in [1.82, 2.24) is 0 Å². The number of carbonyl (C=O) groups is 2. The molecule has 1 aromatic carbocycles. The average Bonchev–Trinajstić information content (AvgIpc) is 2.54. The highest BCUT2D eigenvalue weighted by atomic mass is 35.5. The molecule has 1 saturated heterocycles. The van der Waals surface area contributed by atoms with Crippen LogP contribution in [0.1, 0.15) is 43.6 Å². The highest BCUT2D eigenvalue weighted by Gasteiger charge is 2.57. The standard InChI is InChI=1S/C17H18Cl2O4/c1-22-16-17(7-3-2-4-8-17)14(20)13(15(21)23-16)11-6-5-10(18)9-12(11)19/h5-6,9,13,16H,2-4,7-8H2,1H3. The van der Waals surface area contributed by atoms with E-state index in [0.29, 0.717) is 28.5 Å². The maximum Gasteiger partial charge on any atom is 0.323 e. The fraction of sp³-hybridized carbons (Fsp3) is 0.529. The molecule has 1 spiro atoms. The Morgan fingerprint density at radius 2 is 1.87 bits per heavy atom. The maximum atomic E-state index is 13.2. The number of esters is 1. The topological polar surface area (TPSA) is 52.6 Å². The van der Waals surface area contributed by atoms with Crippen molar-refractivity contribution in [3.05, 3.63) is 33.8 Å². The zero-order valence-corrected chi connectivity index (χ0v) is 14.3. The van der Waals surface area contributed by atoms with E-state index in [1.807, 2.05) is 0 Å². The minimum atomic E-state index is -1.01. The summed E-state index contributed by atoms with van der Waals surface area (Å²) in [6.45, 7) is 0. The van der Waals surface area contributed by atoms with Gasteiger partial charge in [-0.3, -0.25) is 9.59 Å². The smallest absolute Gasteiger partial charge is 0.323 e. The molecule has 0 bridgehead atoms. The number of hydrogen-bond donors (Lipinski definition) is 0. The van der Waals surface area contributed by atoms with E-state index in [4.69, 9.17) is 32.7 Å². The molecule has 0 amide bonds. The second-order valence-corrected chi connectivity index (χ2v) is 7.03. The maximum absolute atomic E-state index is 13.2. The number of rotatable bonds is 2. The molecule has 1 aromatic rings. The van der Waals surface area contributed by atoms with Crippen molar-refractivity contribution in [2.24, 2.45) is 5.41 Å². The van der Waals surface area contributed by atoms with E-state index in [9.17, 15) is 9.59 Å². The van der Waals surface area contributed by atoms with Gasteiger partial charge in [-0.15, -0.1) is 0 Å². The minimum Gasteiger partial charge on any atom is -0.434 e. The van der Waals surface area contributed by atoms with Crippen LogP contribution in [0.5, 0.6) is 0 Å². The van der Waals surface area contributed by atoms with Crippen LogP contribution in [-0.4, -0.2) is 25.2 Å². The highest BCUT2D eigenvalue weighted by molar-refractivity contribution is 6.35. The van der Waals surface area contributed by atoms with Gasteiger partial charge in [-0.25, -0.2) is 0 Å². The van der Waals surface area contributed by atoms with Crippen LogP contribution in [0, 0.1) is 5.41 Å². The summed E-state index contributed by atoms with van der Waals surface area (Å²) < 4.78 is 10.8. The Morgan fingerprint density at radius 1 is 1.17 bits per heavy atom. The Hall–Kier alpha value is -1.10. The number of hydrogen-bond acceptors (Lipinski definition) is 4. The van der Waals surface area contributed by atoms with Crippen molar-refractivity contribution in [2.45, 2.75) is 44.3 Å². The lowest BCUT2D eigenvalue weighted by molar-refractivity contribution is -0.222. The number of ether oxygens (including phenoxy) is 2. The minimum absolute atomic E-state index is 0.149. The van der Waals surface area contributed by atoms with Gasteiger partial charge in [-0.05, 0) is 30.5 Å². The van der Waals surface area contributed by atoms with Crippen LogP contribution >= 0.6 is 23.2 Å². The van der Waals surface area contributed by atoms with Gasteiger partial charge < -0.3 is 9.47 Å². The van der Waals surface area contributed by atoms with Gasteiger partial charge in [0, 0.05) is 17.2 Å². The predicted octanol–water partition coefficient (Wildman–Crippen LogP) is 4.13. The second kappa shape index (κ2) is 6.42. The molecule has 6 heteroatoms. The molecule has 2 fully saturated rings. The molecular formula is C17H18Cl2O4. The normalized spacial score (nSPS) is 27.1. The molecule has 4 nitrogen and oxygen atoms in total. The summed E-state index contributed by atoms with van der Waals surface area (Å²) in [7, 11) is 1.47. The highest BCUT2D eigenvalue weighted by Crippen LogP contribution is 2.49. The van der Waals surface area contributed by atoms with Crippen molar-refractivity contribution >= 4 is 35.0 Å². The van der Waals surface area contributed by atoms with E-state index in [1.165, 1.54) is 13.2 Å². The number of ketones is 1. The van der Waals surface area contributed by atoms with Gasteiger partial charge in [0.15, 0.2) is 5.78 Å². The van der Waals surface area contributed by atoms with Crippen LogP contribution < -0.4 is 0 Å². The van der Waals surface area contributed by atoms with Crippen LogP contribution in [0.25, 0.3) is 0 Å². The Labute approximate surface area is 145 Å². The van der Waals surface area contributed by atoms with E-state index in [1.54, 1.807) is 12.1 Å². The average molecular weight is 357 g/mol. The van der Waals surface area contributed by atoms with Gasteiger partial charge in [0.1, 0.15) is 5.92 Å². The molecule has 2 unspecified atom stereocenters. The lowest BCUT2D eigenvalue weighted by Crippen LogP contribution is -2.55. The summed E-state index contributed by atoms with van der Waals surface area (Å²) in [5.41, 5.74) is -0.320. The molecule has 23 heavy (non-hydrogen) atoms. The van der Waals surface area contributed by atoms with Crippen LogP contribution in [0.15, 0.2) is 18.2 Å². The van der Waals surface area contributed by atoms with Crippen molar-refractivity contribution < 1.29 is 19.1 Å². The molecule has 3 rings (SSSR count). The summed E-state index contributed by atoms with van der Waals surface area (Å²) in [6, 6.07) is 4.78. The molecule has 1 aliphatic heterocycles. The molecule has 0 aromatic heterocycles. The van der Waals surface area contributed by atoms with E-state index < -0.39 is 23.6 Å². The van der Waals surface area contributed by atoms with E-state index in [2.05, 4.69) is 0 Å². The van der Waals surface area contributed by atoms with Crippen LogP contribution in [0.3, 0.4) is 0 Å². The summed E-state index contributed by atoms with van der Waals surface area (Å²) in [5.74, 6) is -1.77. The van der Waals surface area contributed by atoms with Crippen LogP contribution in [0.2, 0.25) is 10.0 Å². The van der Waals surface area contributed by atoms with Gasteiger partial charge in [-0.1, -0.05) is 48.5 Å². The first-order valence-electron chi connectivity index (χ1n) is 7.72. The lowest BCUT2D eigenvalue weighted by atomic mass is 9.65. The monoisotopic (exact) mass is 356 g/mol. The predicted molar refractivity (Wildman–Crippen MR) is 86.6 cm³/mol.